The minimum Gasteiger partial charge on any atom is -0.468 e. The minimum absolute atomic E-state index is 0.0229. The maximum absolute atomic E-state index is 13.8. The number of aliphatic hydroxyl groups is 1. The largest absolute Gasteiger partial charge is 0.509 e. The van der Waals surface area contributed by atoms with Crippen molar-refractivity contribution in [3.05, 3.63) is 112 Å². The second kappa shape index (κ2) is 13.4. The van der Waals surface area contributed by atoms with Gasteiger partial charge in [-0.3, -0.25) is 4.79 Å². The molecule has 3 aromatic carbocycles. The number of hydrogen-bond acceptors (Lipinski definition) is 10. The van der Waals surface area contributed by atoms with Gasteiger partial charge >= 0.3 is 12.1 Å². The number of esters is 1. The number of benzene rings is 3. The molecule has 2 heterocycles. The van der Waals surface area contributed by atoms with Crippen LogP contribution in [0.15, 0.2) is 90.0 Å². The second-order valence-corrected chi connectivity index (χ2v) is 12.7. The van der Waals surface area contributed by atoms with E-state index in [9.17, 15) is 19.5 Å². The average Bonchev–Trinajstić information content (AvgIpc) is 3.44. The lowest BCUT2D eigenvalue weighted by Crippen LogP contribution is -2.56. The number of rotatable bonds is 9. The normalized spacial score (nSPS) is 23.9. The molecule has 1 fully saturated rings. The molecule has 252 valence electrons. The van der Waals surface area contributed by atoms with Crippen molar-refractivity contribution in [1.29, 1.82) is 0 Å². The van der Waals surface area contributed by atoms with Gasteiger partial charge in [0.1, 0.15) is 11.9 Å². The molecule has 11 nitrogen and oxygen atoms in total. The molecule has 11 heteroatoms. The number of hydrogen-bond donors (Lipinski definition) is 2. The molecular weight excluding hydrogens is 618 g/mol. The van der Waals surface area contributed by atoms with E-state index in [0.717, 1.165) is 11.1 Å². The standard InChI is InChI=1S/C37H39NO10/c1-22-28-20-44-19-25-15-16-26(45-21-43-4)17-27(25)32-37(36(28,2)3,48-35(42)47-32)18-29(22)46-34(41)31(39)30(23-11-7-5-8-12-23)38-33(40)24-13-9-6-10-14-24/h5-17,29-32,39H,18-21H2,1-4H3,(H,38,40)/t29-,30-,31+,32+,37-/m0/s1. The smallest absolute Gasteiger partial charge is 0.468 e. The number of aliphatic hydroxyl groups excluding tert-OH is 1. The third-order valence-corrected chi connectivity index (χ3v) is 9.71. The van der Waals surface area contributed by atoms with E-state index in [1.54, 1.807) is 72.8 Å². The Morgan fingerprint density at radius 3 is 2.44 bits per heavy atom. The van der Waals surface area contributed by atoms with Gasteiger partial charge in [0.25, 0.3) is 5.91 Å². The predicted octanol–water partition coefficient (Wildman–Crippen LogP) is 5.34. The Morgan fingerprint density at radius 1 is 1.02 bits per heavy atom. The predicted molar refractivity (Wildman–Crippen MR) is 172 cm³/mol. The molecule has 0 aromatic heterocycles. The van der Waals surface area contributed by atoms with Gasteiger partial charge in [-0.15, -0.1) is 0 Å². The molecule has 3 aliphatic rings. The molecule has 1 aliphatic carbocycles. The molecule has 2 bridgehead atoms. The summed E-state index contributed by atoms with van der Waals surface area (Å²) >= 11 is 0. The topological polar surface area (TPSA) is 139 Å². The lowest BCUT2D eigenvalue weighted by Gasteiger charge is -2.50. The molecule has 1 amide bonds. The van der Waals surface area contributed by atoms with Crippen LogP contribution < -0.4 is 10.1 Å². The first kappa shape index (κ1) is 33.2. The van der Waals surface area contributed by atoms with Gasteiger partial charge in [-0.1, -0.05) is 68.4 Å². The van der Waals surface area contributed by atoms with E-state index in [0.29, 0.717) is 28.0 Å². The molecule has 3 aromatic rings. The van der Waals surface area contributed by atoms with Gasteiger partial charge < -0.3 is 38.8 Å². The molecule has 5 atom stereocenters. The van der Waals surface area contributed by atoms with Crippen LogP contribution in [-0.2, 0) is 35.1 Å². The Balaban J connectivity index is 1.34. The summed E-state index contributed by atoms with van der Waals surface area (Å²) in [5, 5.41) is 14.3. The zero-order chi connectivity index (χ0) is 34.1. The Hall–Kier alpha value is -4.71. The van der Waals surface area contributed by atoms with Gasteiger partial charge in [-0.2, -0.15) is 0 Å². The van der Waals surface area contributed by atoms with Crippen LogP contribution in [0.1, 0.15) is 66.4 Å². The van der Waals surface area contributed by atoms with Crippen LogP contribution in [0.5, 0.6) is 5.75 Å². The number of ether oxygens (including phenoxy) is 6. The first-order chi connectivity index (χ1) is 23.1. The fourth-order valence-electron chi connectivity index (χ4n) is 6.98. The van der Waals surface area contributed by atoms with Crippen LogP contribution >= 0.6 is 0 Å². The van der Waals surface area contributed by atoms with Crippen molar-refractivity contribution in [3.63, 3.8) is 0 Å². The van der Waals surface area contributed by atoms with Crippen molar-refractivity contribution >= 4 is 18.0 Å². The molecule has 1 spiro atoms. The van der Waals surface area contributed by atoms with E-state index in [1.807, 2.05) is 26.8 Å². The summed E-state index contributed by atoms with van der Waals surface area (Å²) in [6, 6.07) is 21.5. The molecule has 2 N–H and O–H groups in total. The van der Waals surface area contributed by atoms with E-state index in [-0.39, 0.29) is 26.4 Å². The van der Waals surface area contributed by atoms with Gasteiger partial charge in [0, 0.05) is 30.1 Å². The second-order valence-electron chi connectivity index (χ2n) is 12.7. The molecule has 0 saturated carbocycles. The van der Waals surface area contributed by atoms with Crippen LogP contribution in [0.3, 0.4) is 0 Å². The van der Waals surface area contributed by atoms with Crippen molar-refractivity contribution in [3.8, 4) is 5.75 Å². The fraction of sp³-hybridized carbons (Fsp3) is 0.378. The minimum atomic E-state index is -1.77. The van der Waals surface area contributed by atoms with Crippen molar-refractivity contribution in [2.45, 2.75) is 63.8 Å². The highest BCUT2D eigenvalue weighted by Crippen LogP contribution is 2.60. The van der Waals surface area contributed by atoms with Crippen LogP contribution in [0.2, 0.25) is 0 Å². The van der Waals surface area contributed by atoms with Gasteiger partial charge in [-0.05, 0) is 53.5 Å². The first-order valence-electron chi connectivity index (χ1n) is 15.8. The quantitative estimate of drug-likeness (QED) is 0.176. The zero-order valence-electron chi connectivity index (χ0n) is 27.3. The number of methoxy groups -OCH3 is 1. The zero-order valence-corrected chi connectivity index (χ0v) is 27.3. The lowest BCUT2D eigenvalue weighted by atomic mass is 9.58. The lowest BCUT2D eigenvalue weighted by molar-refractivity contribution is -0.166. The maximum atomic E-state index is 13.8. The summed E-state index contributed by atoms with van der Waals surface area (Å²) in [4.78, 5) is 40.0. The summed E-state index contributed by atoms with van der Waals surface area (Å²) in [6.45, 7) is 6.17. The first-order valence-corrected chi connectivity index (χ1v) is 15.8. The van der Waals surface area contributed by atoms with Crippen LogP contribution in [0, 0.1) is 5.41 Å². The number of nitrogens with one attached hydrogen (secondary N) is 1. The monoisotopic (exact) mass is 657 g/mol. The van der Waals surface area contributed by atoms with E-state index < -0.39 is 53.4 Å². The molecule has 1 saturated heterocycles. The third-order valence-electron chi connectivity index (χ3n) is 9.71. The molecule has 48 heavy (non-hydrogen) atoms. The van der Waals surface area contributed by atoms with Gasteiger partial charge in [0.05, 0.1) is 19.3 Å². The summed E-state index contributed by atoms with van der Waals surface area (Å²) in [6.07, 6.45) is -4.40. The SMILES string of the molecule is COCOc1ccc2c(c1)[C@H]1OC(=O)O[C@@]13C[C@H](OC(=O)[C@H](O)[C@@H](NC(=O)c1ccccc1)c1ccccc1)C(C)=C(COC2)C3(C)C. The maximum Gasteiger partial charge on any atom is 0.509 e. The number of carbonyl (C=O) groups excluding carboxylic acids is 3. The van der Waals surface area contributed by atoms with E-state index in [4.69, 9.17) is 28.4 Å². The van der Waals surface area contributed by atoms with Crippen molar-refractivity contribution in [2.75, 3.05) is 20.5 Å². The Bertz CT molecular complexity index is 1710. The Labute approximate surface area is 278 Å². The summed E-state index contributed by atoms with van der Waals surface area (Å²) in [5.41, 5.74) is 1.66. The molecule has 2 aliphatic heterocycles. The van der Waals surface area contributed by atoms with Crippen LogP contribution in [0.25, 0.3) is 0 Å². The highest BCUT2D eigenvalue weighted by molar-refractivity contribution is 5.95. The number of amides is 1. The van der Waals surface area contributed by atoms with Gasteiger partial charge in [-0.25, -0.2) is 9.59 Å². The van der Waals surface area contributed by atoms with Gasteiger partial charge in [0.2, 0.25) is 0 Å². The van der Waals surface area contributed by atoms with E-state index >= 15 is 0 Å². The summed E-state index contributed by atoms with van der Waals surface area (Å²) < 4.78 is 35.1. The third kappa shape index (κ3) is 6.05. The van der Waals surface area contributed by atoms with Crippen LogP contribution in [-0.4, -0.2) is 61.5 Å². The van der Waals surface area contributed by atoms with Crippen molar-refractivity contribution < 1.29 is 47.9 Å². The van der Waals surface area contributed by atoms with Crippen molar-refractivity contribution in [1.82, 2.24) is 5.32 Å². The average molecular weight is 658 g/mol. The summed E-state index contributed by atoms with van der Waals surface area (Å²) in [5.74, 6) is -0.915. The van der Waals surface area contributed by atoms with Crippen LogP contribution in [0.4, 0.5) is 4.79 Å². The molecule has 0 unspecified atom stereocenters. The number of carbonyl (C=O) groups is 3. The highest BCUT2D eigenvalue weighted by atomic mass is 16.8. The summed E-state index contributed by atoms with van der Waals surface area (Å²) in [7, 11) is 1.52. The molecule has 0 radical (unpaired) electrons. The number of fused-ring (bicyclic) bond motifs is 3. The van der Waals surface area contributed by atoms with E-state index in [1.165, 1.54) is 7.11 Å². The van der Waals surface area contributed by atoms with E-state index in [2.05, 4.69) is 5.32 Å². The fourth-order valence-corrected chi connectivity index (χ4v) is 6.98. The Kier molecular flexibility index (Phi) is 9.28. The molecular formula is C37H39NO10. The highest BCUT2D eigenvalue weighted by Gasteiger charge is 2.66. The Morgan fingerprint density at radius 2 is 1.73 bits per heavy atom. The van der Waals surface area contributed by atoms with Gasteiger partial charge in [0.15, 0.2) is 24.6 Å². The molecule has 6 rings (SSSR count). The van der Waals surface area contributed by atoms with Crippen molar-refractivity contribution in [2.24, 2.45) is 5.41 Å².